The van der Waals surface area contributed by atoms with E-state index in [1.807, 2.05) is 0 Å². The Labute approximate surface area is 128 Å². The van der Waals surface area contributed by atoms with E-state index in [0.717, 1.165) is 19.7 Å². The summed E-state index contributed by atoms with van der Waals surface area (Å²) in [4.78, 5) is 2.51. The van der Waals surface area contributed by atoms with Crippen LogP contribution >= 0.6 is 0 Å². The van der Waals surface area contributed by atoms with Gasteiger partial charge in [0.2, 0.25) is 0 Å². The Balaban J connectivity index is 2.04. The molecule has 0 radical (unpaired) electrons. The van der Waals surface area contributed by atoms with Gasteiger partial charge >= 0.3 is 0 Å². The molecule has 1 saturated heterocycles. The van der Waals surface area contributed by atoms with E-state index in [4.69, 9.17) is 15.2 Å². The number of nitrogens with zero attached hydrogens (tertiary/aromatic N) is 1. The zero-order valence-corrected chi connectivity index (χ0v) is 13.3. The highest BCUT2D eigenvalue weighted by atomic mass is 16.5. The van der Waals surface area contributed by atoms with Crippen molar-refractivity contribution in [3.63, 3.8) is 0 Å². The van der Waals surface area contributed by atoms with Gasteiger partial charge in [0, 0.05) is 33.4 Å². The molecule has 1 aromatic rings. The van der Waals surface area contributed by atoms with Crippen molar-refractivity contribution in [1.29, 1.82) is 0 Å². The lowest BCUT2D eigenvalue weighted by molar-refractivity contribution is 0.0697. The molecule has 4 heteroatoms. The maximum atomic E-state index is 6.05. The summed E-state index contributed by atoms with van der Waals surface area (Å²) in [5.41, 5.74) is 8.56. The lowest BCUT2D eigenvalue weighted by Crippen LogP contribution is -2.42. The van der Waals surface area contributed by atoms with Crippen molar-refractivity contribution in [2.24, 2.45) is 11.7 Å². The van der Waals surface area contributed by atoms with Crippen LogP contribution in [-0.2, 0) is 16.1 Å². The lowest BCUT2D eigenvalue weighted by atomic mass is 9.95. The van der Waals surface area contributed by atoms with E-state index in [1.165, 1.54) is 24.0 Å². The van der Waals surface area contributed by atoms with Crippen molar-refractivity contribution in [2.75, 3.05) is 40.5 Å². The standard InChI is InChI=1S/C17H28N2O2/c1-20-12-14-5-7-16(8-6-14)17(10-18)19-9-3-4-15(11-19)13-21-2/h5-8,15,17H,3-4,9-13,18H2,1-2H3. The van der Waals surface area contributed by atoms with Gasteiger partial charge < -0.3 is 15.2 Å². The van der Waals surface area contributed by atoms with Gasteiger partial charge in [-0.25, -0.2) is 0 Å². The van der Waals surface area contributed by atoms with E-state index >= 15 is 0 Å². The third-order valence-corrected chi connectivity index (χ3v) is 4.29. The first-order chi connectivity index (χ1) is 10.3. The smallest absolute Gasteiger partial charge is 0.0713 e. The number of benzene rings is 1. The van der Waals surface area contributed by atoms with Crippen LogP contribution in [0.1, 0.15) is 30.0 Å². The zero-order valence-electron chi connectivity index (χ0n) is 13.3. The summed E-state index contributed by atoms with van der Waals surface area (Å²) in [6.07, 6.45) is 2.49. The molecule has 0 amide bonds. The molecule has 118 valence electrons. The number of likely N-dealkylation sites (tertiary alicyclic amines) is 1. The van der Waals surface area contributed by atoms with Crippen LogP contribution < -0.4 is 5.73 Å². The third-order valence-electron chi connectivity index (χ3n) is 4.29. The van der Waals surface area contributed by atoms with Gasteiger partial charge in [0.15, 0.2) is 0 Å². The lowest BCUT2D eigenvalue weighted by Gasteiger charge is -2.38. The van der Waals surface area contributed by atoms with E-state index in [0.29, 0.717) is 25.1 Å². The van der Waals surface area contributed by atoms with Gasteiger partial charge in [0.1, 0.15) is 0 Å². The summed E-state index contributed by atoms with van der Waals surface area (Å²) in [5.74, 6) is 0.630. The van der Waals surface area contributed by atoms with Crippen LogP contribution in [0.2, 0.25) is 0 Å². The van der Waals surface area contributed by atoms with Gasteiger partial charge in [0.25, 0.3) is 0 Å². The molecule has 0 aliphatic carbocycles. The summed E-state index contributed by atoms with van der Waals surface area (Å²) in [5, 5.41) is 0. The Kier molecular flexibility index (Phi) is 6.64. The summed E-state index contributed by atoms with van der Waals surface area (Å²) in [6, 6.07) is 8.95. The second kappa shape index (κ2) is 8.49. The Morgan fingerprint density at radius 1 is 1.24 bits per heavy atom. The molecule has 1 aliphatic rings. The van der Waals surface area contributed by atoms with Crippen LogP contribution in [0.4, 0.5) is 0 Å². The van der Waals surface area contributed by atoms with Crippen molar-refractivity contribution in [1.82, 2.24) is 4.90 Å². The van der Waals surface area contributed by atoms with Crippen molar-refractivity contribution in [2.45, 2.75) is 25.5 Å². The highest BCUT2D eigenvalue weighted by Crippen LogP contribution is 2.26. The fraction of sp³-hybridized carbons (Fsp3) is 0.647. The fourth-order valence-corrected chi connectivity index (χ4v) is 3.25. The van der Waals surface area contributed by atoms with E-state index in [9.17, 15) is 0 Å². The molecular weight excluding hydrogens is 264 g/mol. The van der Waals surface area contributed by atoms with E-state index in [1.54, 1.807) is 14.2 Å². The predicted octanol–water partition coefficient (Wildman–Crippen LogP) is 2.19. The summed E-state index contributed by atoms with van der Waals surface area (Å²) >= 11 is 0. The summed E-state index contributed by atoms with van der Waals surface area (Å²) < 4.78 is 10.5. The Hall–Kier alpha value is -0.940. The first kappa shape index (κ1) is 16.4. The van der Waals surface area contributed by atoms with Crippen molar-refractivity contribution >= 4 is 0 Å². The number of methoxy groups -OCH3 is 2. The maximum Gasteiger partial charge on any atom is 0.0713 e. The van der Waals surface area contributed by atoms with E-state index < -0.39 is 0 Å². The minimum absolute atomic E-state index is 0.307. The van der Waals surface area contributed by atoms with Gasteiger partial charge in [-0.1, -0.05) is 24.3 Å². The number of nitrogens with two attached hydrogens (primary N) is 1. The van der Waals surface area contributed by atoms with Crippen LogP contribution in [0, 0.1) is 5.92 Å². The minimum atomic E-state index is 0.307. The number of piperidine rings is 1. The highest BCUT2D eigenvalue weighted by Gasteiger charge is 2.26. The van der Waals surface area contributed by atoms with Crippen LogP contribution in [0.25, 0.3) is 0 Å². The maximum absolute atomic E-state index is 6.05. The van der Waals surface area contributed by atoms with Crippen molar-refractivity contribution in [3.8, 4) is 0 Å². The van der Waals surface area contributed by atoms with Gasteiger partial charge in [-0.05, 0) is 36.4 Å². The van der Waals surface area contributed by atoms with Crippen LogP contribution in [-0.4, -0.2) is 45.4 Å². The van der Waals surface area contributed by atoms with Gasteiger partial charge in [-0.15, -0.1) is 0 Å². The van der Waals surface area contributed by atoms with Crippen LogP contribution in [0.3, 0.4) is 0 Å². The molecule has 0 aromatic heterocycles. The molecule has 2 rings (SSSR count). The molecule has 2 atom stereocenters. The molecule has 21 heavy (non-hydrogen) atoms. The monoisotopic (exact) mass is 292 g/mol. The molecule has 1 fully saturated rings. The van der Waals surface area contributed by atoms with Gasteiger partial charge in [0.05, 0.1) is 13.2 Å². The van der Waals surface area contributed by atoms with Crippen molar-refractivity contribution in [3.05, 3.63) is 35.4 Å². The second-order valence-corrected chi connectivity index (χ2v) is 5.88. The Morgan fingerprint density at radius 2 is 2.00 bits per heavy atom. The average Bonchev–Trinajstić information content (AvgIpc) is 2.51. The molecule has 1 heterocycles. The Bertz CT molecular complexity index is 406. The minimum Gasteiger partial charge on any atom is -0.384 e. The van der Waals surface area contributed by atoms with E-state index in [2.05, 4.69) is 29.2 Å². The molecule has 4 nitrogen and oxygen atoms in total. The molecule has 2 unspecified atom stereocenters. The topological polar surface area (TPSA) is 47.7 Å². The number of hydrogen-bond donors (Lipinski definition) is 1. The quantitative estimate of drug-likeness (QED) is 0.837. The molecule has 0 saturated carbocycles. The normalized spacial score (nSPS) is 21.4. The fourth-order valence-electron chi connectivity index (χ4n) is 3.25. The van der Waals surface area contributed by atoms with Crippen molar-refractivity contribution < 1.29 is 9.47 Å². The Morgan fingerprint density at radius 3 is 2.62 bits per heavy atom. The zero-order chi connectivity index (χ0) is 15.1. The number of hydrogen-bond acceptors (Lipinski definition) is 4. The number of rotatable bonds is 7. The van der Waals surface area contributed by atoms with Gasteiger partial charge in [-0.3, -0.25) is 4.90 Å². The molecule has 0 spiro atoms. The first-order valence-corrected chi connectivity index (χ1v) is 7.79. The summed E-state index contributed by atoms with van der Waals surface area (Å²) in [6.45, 7) is 4.37. The highest BCUT2D eigenvalue weighted by molar-refractivity contribution is 5.25. The molecule has 1 aromatic carbocycles. The molecular formula is C17H28N2O2. The summed E-state index contributed by atoms with van der Waals surface area (Å²) in [7, 11) is 3.51. The molecule has 0 bridgehead atoms. The van der Waals surface area contributed by atoms with Crippen LogP contribution in [0.5, 0.6) is 0 Å². The predicted molar refractivity (Wildman–Crippen MR) is 85.1 cm³/mol. The molecule has 1 aliphatic heterocycles. The average molecular weight is 292 g/mol. The largest absolute Gasteiger partial charge is 0.384 e. The molecule has 2 N–H and O–H groups in total. The van der Waals surface area contributed by atoms with E-state index in [-0.39, 0.29) is 0 Å². The third kappa shape index (κ3) is 4.51. The van der Waals surface area contributed by atoms with Gasteiger partial charge in [-0.2, -0.15) is 0 Å². The number of ether oxygens (including phenoxy) is 2. The SMILES string of the molecule is COCc1ccc(C(CN)N2CCCC(COC)C2)cc1. The van der Waals surface area contributed by atoms with Crippen LogP contribution in [0.15, 0.2) is 24.3 Å². The first-order valence-electron chi connectivity index (χ1n) is 7.79. The second-order valence-electron chi connectivity index (χ2n) is 5.88.